The Labute approximate surface area is 157 Å². The number of aromatic nitrogens is 2. The van der Waals surface area contributed by atoms with Crippen LogP contribution < -0.4 is 15.5 Å². The van der Waals surface area contributed by atoms with Crippen molar-refractivity contribution in [3.63, 3.8) is 0 Å². The molecule has 2 aromatic rings. The molecule has 0 amide bonds. The minimum Gasteiger partial charge on any atom is -0.497 e. The van der Waals surface area contributed by atoms with E-state index in [-0.39, 0.29) is 11.2 Å². The van der Waals surface area contributed by atoms with Crippen molar-refractivity contribution in [3.05, 3.63) is 30.5 Å². The van der Waals surface area contributed by atoms with E-state index >= 15 is 0 Å². The zero-order chi connectivity index (χ0) is 19.3. The molecule has 1 aliphatic heterocycles. The molecule has 0 atom stereocenters. The van der Waals surface area contributed by atoms with Crippen molar-refractivity contribution in [1.29, 1.82) is 0 Å². The molecular weight excluding hydrogens is 343 g/mol. The Morgan fingerprint density at radius 3 is 2.00 bits per heavy atom. The van der Waals surface area contributed by atoms with Crippen molar-refractivity contribution in [3.8, 4) is 11.4 Å². The average Bonchev–Trinajstić information content (AvgIpc) is 3.07. The van der Waals surface area contributed by atoms with Gasteiger partial charge in [-0.3, -0.25) is 0 Å². The molecule has 1 aromatic carbocycles. The van der Waals surface area contributed by atoms with E-state index in [4.69, 9.17) is 19.1 Å². The van der Waals surface area contributed by atoms with E-state index in [1.165, 1.54) is 5.19 Å². The lowest BCUT2D eigenvalue weighted by Crippen LogP contribution is -2.53. The zero-order valence-electron chi connectivity index (χ0n) is 17.1. The maximum atomic E-state index is 6.28. The Kier molecular flexibility index (Phi) is 4.62. The third-order valence-electron chi connectivity index (χ3n) is 5.36. The molecule has 26 heavy (non-hydrogen) atoms. The average molecular weight is 372 g/mol. The van der Waals surface area contributed by atoms with Gasteiger partial charge < -0.3 is 14.0 Å². The first-order chi connectivity index (χ1) is 11.9. The summed E-state index contributed by atoms with van der Waals surface area (Å²) in [6.07, 6.45) is 2.13. The summed E-state index contributed by atoms with van der Waals surface area (Å²) in [4.78, 5) is 0. The van der Waals surface area contributed by atoms with Crippen molar-refractivity contribution in [1.82, 2.24) is 9.78 Å². The fourth-order valence-corrected chi connectivity index (χ4v) is 4.41. The number of ether oxygens (including phenoxy) is 1. The van der Waals surface area contributed by atoms with E-state index in [2.05, 4.69) is 53.5 Å². The first kappa shape index (κ1) is 19.2. The molecule has 0 spiro atoms. The van der Waals surface area contributed by atoms with Gasteiger partial charge in [0.1, 0.15) is 5.75 Å². The third-order valence-corrected chi connectivity index (χ3v) is 7.37. The van der Waals surface area contributed by atoms with Crippen LogP contribution in [0.15, 0.2) is 30.5 Å². The molecule has 7 heteroatoms. The second-order valence-corrected chi connectivity index (χ2v) is 13.9. The summed E-state index contributed by atoms with van der Waals surface area (Å²) < 4.78 is 19.7. The molecule has 0 aliphatic carbocycles. The van der Waals surface area contributed by atoms with Crippen molar-refractivity contribution >= 4 is 26.0 Å². The van der Waals surface area contributed by atoms with Crippen molar-refractivity contribution in [2.24, 2.45) is 0 Å². The molecule has 3 rings (SSSR count). The van der Waals surface area contributed by atoms with Crippen LogP contribution in [0, 0.1) is 0 Å². The molecule has 140 valence electrons. The van der Waals surface area contributed by atoms with Crippen LogP contribution in [0.25, 0.3) is 5.69 Å². The number of hydrogen-bond acceptors (Lipinski definition) is 4. The number of rotatable bonds is 4. The van der Waals surface area contributed by atoms with E-state index < -0.39 is 15.2 Å². The number of benzene rings is 1. The van der Waals surface area contributed by atoms with E-state index in [0.717, 1.165) is 17.0 Å². The van der Waals surface area contributed by atoms with Gasteiger partial charge in [0.25, 0.3) is 0 Å². The second kappa shape index (κ2) is 6.25. The fourth-order valence-electron chi connectivity index (χ4n) is 2.96. The van der Waals surface area contributed by atoms with Crippen molar-refractivity contribution < 1.29 is 14.0 Å². The van der Waals surface area contributed by atoms with Crippen molar-refractivity contribution in [2.75, 3.05) is 7.11 Å². The maximum absolute atomic E-state index is 6.28. The Morgan fingerprint density at radius 1 is 1.00 bits per heavy atom. The van der Waals surface area contributed by atoms with E-state index in [1.807, 2.05) is 28.9 Å². The first-order valence-electron chi connectivity index (χ1n) is 9.05. The van der Waals surface area contributed by atoms with Crippen LogP contribution in [0.2, 0.25) is 19.6 Å². The standard InChI is InChI=1S/C19H29BN2O3Si/c1-18(2)19(3,4)25-20(24-18)17-16(26(6,7)8)13-22(21-17)14-9-11-15(23-5)12-10-14/h9-13H,1-8H3. The van der Waals surface area contributed by atoms with Crippen LogP contribution >= 0.6 is 0 Å². The van der Waals surface area contributed by atoms with Crippen molar-refractivity contribution in [2.45, 2.75) is 58.5 Å². The van der Waals surface area contributed by atoms with E-state index in [1.54, 1.807) is 7.11 Å². The Balaban J connectivity index is 2.03. The van der Waals surface area contributed by atoms with Gasteiger partial charge in [-0.15, -0.1) is 0 Å². The van der Waals surface area contributed by atoms with Crippen LogP contribution in [0.1, 0.15) is 27.7 Å². The fraction of sp³-hybridized carbons (Fsp3) is 0.526. The molecule has 0 bridgehead atoms. The molecule has 2 heterocycles. The molecule has 0 radical (unpaired) electrons. The maximum Gasteiger partial charge on any atom is 0.516 e. The highest BCUT2D eigenvalue weighted by atomic mass is 28.3. The summed E-state index contributed by atoms with van der Waals surface area (Å²) in [7, 11) is -0.410. The summed E-state index contributed by atoms with van der Waals surface area (Å²) in [6.45, 7) is 15.2. The Bertz CT molecular complexity index is 778. The van der Waals surface area contributed by atoms with Crippen LogP contribution in [-0.2, 0) is 9.31 Å². The monoisotopic (exact) mass is 372 g/mol. The van der Waals surface area contributed by atoms with Crippen LogP contribution in [0.3, 0.4) is 0 Å². The topological polar surface area (TPSA) is 45.5 Å². The van der Waals surface area contributed by atoms with Gasteiger partial charge in [0.15, 0.2) is 0 Å². The SMILES string of the molecule is COc1ccc(-n2cc([Si](C)(C)C)c(B3OC(C)(C)C(C)(C)O3)n2)cc1. The second-order valence-electron chi connectivity index (χ2n) is 8.91. The molecular formula is C19H29BN2O3Si. The van der Waals surface area contributed by atoms with Crippen LogP contribution in [-0.4, -0.2) is 43.3 Å². The smallest absolute Gasteiger partial charge is 0.497 e. The first-order valence-corrected chi connectivity index (χ1v) is 12.5. The largest absolute Gasteiger partial charge is 0.516 e. The Hall–Kier alpha value is -1.57. The highest BCUT2D eigenvalue weighted by Gasteiger charge is 2.53. The van der Waals surface area contributed by atoms with Gasteiger partial charge in [-0.25, -0.2) is 4.68 Å². The molecule has 5 nitrogen and oxygen atoms in total. The van der Waals surface area contributed by atoms with Crippen LogP contribution in [0.4, 0.5) is 0 Å². The summed E-state index contributed by atoms with van der Waals surface area (Å²) in [5, 5.41) is 6.13. The third kappa shape index (κ3) is 3.35. The number of nitrogens with zero attached hydrogens (tertiary/aromatic N) is 2. The van der Waals surface area contributed by atoms with Gasteiger partial charge in [0.05, 0.1) is 37.7 Å². The number of hydrogen-bond donors (Lipinski definition) is 0. The molecule has 0 N–H and O–H groups in total. The Morgan fingerprint density at radius 2 is 1.54 bits per heavy atom. The lowest BCUT2D eigenvalue weighted by atomic mass is 9.85. The normalized spacial score (nSPS) is 19.0. The van der Waals surface area contributed by atoms with Gasteiger partial charge >= 0.3 is 7.12 Å². The predicted octanol–water partition coefficient (Wildman–Crippen LogP) is 2.73. The predicted molar refractivity (Wildman–Crippen MR) is 109 cm³/mol. The molecule has 0 saturated carbocycles. The lowest BCUT2D eigenvalue weighted by molar-refractivity contribution is 0.00578. The molecule has 1 aliphatic rings. The molecule has 1 saturated heterocycles. The van der Waals surface area contributed by atoms with Gasteiger partial charge in [-0.2, -0.15) is 5.10 Å². The summed E-state index contributed by atoms with van der Waals surface area (Å²) in [5.74, 6) is 0.831. The van der Waals surface area contributed by atoms with E-state index in [9.17, 15) is 0 Å². The lowest BCUT2D eigenvalue weighted by Gasteiger charge is -2.32. The van der Waals surface area contributed by atoms with Gasteiger partial charge in [0, 0.05) is 6.20 Å². The van der Waals surface area contributed by atoms with Crippen LogP contribution in [0.5, 0.6) is 5.75 Å². The highest BCUT2D eigenvalue weighted by Crippen LogP contribution is 2.36. The zero-order valence-corrected chi connectivity index (χ0v) is 18.1. The summed E-state index contributed by atoms with van der Waals surface area (Å²) in [5.41, 5.74) is 1.14. The minimum atomic E-state index is -1.64. The van der Waals surface area contributed by atoms with Gasteiger partial charge in [-0.05, 0) is 57.1 Å². The quantitative estimate of drug-likeness (QED) is 0.775. The highest BCUT2D eigenvalue weighted by molar-refractivity contribution is 6.92. The van der Waals surface area contributed by atoms with Gasteiger partial charge in [-0.1, -0.05) is 19.6 Å². The minimum absolute atomic E-state index is 0.377. The molecule has 1 fully saturated rings. The van der Waals surface area contributed by atoms with Gasteiger partial charge in [0.2, 0.25) is 0 Å². The molecule has 1 aromatic heterocycles. The summed E-state index contributed by atoms with van der Waals surface area (Å²) in [6, 6.07) is 7.90. The molecule has 0 unspecified atom stereocenters. The number of methoxy groups -OCH3 is 1. The van der Waals surface area contributed by atoms with E-state index in [0.29, 0.717) is 0 Å². The summed E-state index contributed by atoms with van der Waals surface area (Å²) >= 11 is 0.